The van der Waals surface area contributed by atoms with E-state index in [0.717, 1.165) is 37.1 Å². The third-order valence-corrected chi connectivity index (χ3v) is 4.87. The van der Waals surface area contributed by atoms with Gasteiger partial charge < -0.3 is 38.6 Å². The zero-order chi connectivity index (χ0) is 30.7. The number of carbonyl (C=O) groups is 5. The summed E-state index contributed by atoms with van der Waals surface area (Å²) in [5.74, 6) is -4.59. The maximum Gasteiger partial charge on any atom is 0.345 e. The lowest BCUT2D eigenvalue weighted by Crippen LogP contribution is -2.26. The van der Waals surface area contributed by atoms with Gasteiger partial charge in [-0.05, 0) is 19.3 Å². The van der Waals surface area contributed by atoms with Crippen molar-refractivity contribution in [2.45, 2.75) is 64.6 Å². The Hall–Kier alpha value is -3.55. The SMILES string of the molecule is CCCCOC(=O)/C=C\C(=O)OCC(CC=CCC(OC(=O)/C=C\C(=O)OCCCC)C(=O)O)OCCOCCO. The second-order valence-corrected chi connectivity index (χ2v) is 8.37. The molecule has 2 unspecified atom stereocenters. The fourth-order valence-electron chi connectivity index (χ4n) is 2.70. The average molecular weight is 587 g/mol. The van der Waals surface area contributed by atoms with Crippen LogP contribution in [0.2, 0.25) is 0 Å². The fourth-order valence-corrected chi connectivity index (χ4v) is 2.70. The monoisotopic (exact) mass is 586 g/mol. The van der Waals surface area contributed by atoms with Gasteiger partial charge in [0.15, 0.2) is 0 Å². The van der Waals surface area contributed by atoms with Crippen LogP contribution in [0.1, 0.15) is 52.4 Å². The number of carboxylic acids is 1. The molecule has 0 amide bonds. The van der Waals surface area contributed by atoms with Gasteiger partial charge in [-0.3, -0.25) is 0 Å². The summed E-state index contributed by atoms with van der Waals surface area (Å²) < 4.78 is 30.6. The molecule has 2 N–H and O–H groups in total. The third kappa shape index (κ3) is 22.9. The fraction of sp³-hybridized carbons (Fsp3) is 0.607. The lowest BCUT2D eigenvalue weighted by atomic mass is 10.2. The van der Waals surface area contributed by atoms with E-state index in [9.17, 15) is 29.1 Å². The van der Waals surface area contributed by atoms with Crippen molar-refractivity contribution in [3.63, 3.8) is 0 Å². The van der Waals surface area contributed by atoms with Gasteiger partial charge in [-0.25, -0.2) is 24.0 Å². The van der Waals surface area contributed by atoms with Crippen molar-refractivity contribution < 1.29 is 62.6 Å². The Morgan fingerprint density at radius 1 is 0.683 bits per heavy atom. The largest absolute Gasteiger partial charge is 0.478 e. The molecule has 0 heterocycles. The van der Waals surface area contributed by atoms with Crippen LogP contribution in [0.5, 0.6) is 0 Å². The Bertz CT molecular complexity index is 863. The number of unbranched alkanes of at least 4 members (excludes halogenated alkanes) is 2. The van der Waals surface area contributed by atoms with E-state index in [0.29, 0.717) is 12.8 Å². The molecule has 13 heteroatoms. The molecule has 0 rings (SSSR count). The van der Waals surface area contributed by atoms with Crippen LogP contribution in [0.25, 0.3) is 0 Å². The second-order valence-electron chi connectivity index (χ2n) is 8.37. The number of rotatable bonds is 24. The zero-order valence-electron chi connectivity index (χ0n) is 23.7. The van der Waals surface area contributed by atoms with E-state index in [1.165, 1.54) is 6.08 Å². The van der Waals surface area contributed by atoms with Gasteiger partial charge in [-0.15, -0.1) is 0 Å². The highest BCUT2D eigenvalue weighted by Crippen LogP contribution is 2.07. The number of aliphatic carboxylic acids is 1. The predicted octanol–water partition coefficient (Wildman–Crippen LogP) is 2.06. The lowest BCUT2D eigenvalue weighted by Gasteiger charge is -2.16. The predicted molar refractivity (Wildman–Crippen MR) is 145 cm³/mol. The Morgan fingerprint density at radius 3 is 1.76 bits per heavy atom. The maximum atomic E-state index is 12.0. The Morgan fingerprint density at radius 2 is 1.22 bits per heavy atom. The topological polar surface area (TPSA) is 181 Å². The number of ether oxygens (including phenoxy) is 6. The minimum atomic E-state index is -1.51. The summed E-state index contributed by atoms with van der Waals surface area (Å²) in [5, 5.41) is 18.1. The highest BCUT2D eigenvalue weighted by molar-refractivity contribution is 5.93. The standard InChI is InChI=1S/C28H42O13/c1-3-5-16-38-24(30)11-12-26(32)40-21-22(37-20-19-36-18-15-29)9-7-8-10-23(28(34)35)41-27(33)14-13-25(31)39-17-6-4-2/h7-8,11-14,22-23,29H,3-6,9-10,15-21H2,1-2H3,(H,34,35)/b8-7?,12-11-,14-13-. The van der Waals surface area contributed by atoms with Crippen molar-refractivity contribution >= 4 is 29.8 Å². The van der Waals surface area contributed by atoms with E-state index < -0.39 is 42.1 Å². The van der Waals surface area contributed by atoms with Crippen molar-refractivity contribution in [1.82, 2.24) is 0 Å². The number of carbonyl (C=O) groups excluding carboxylic acids is 4. The quantitative estimate of drug-likeness (QED) is 0.0552. The summed E-state index contributed by atoms with van der Waals surface area (Å²) in [6.45, 7) is 4.43. The lowest BCUT2D eigenvalue weighted by molar-refractivity contribution is -0.160. The van der Waals surface area contributed by atoms with E-state index in [2.05, 4.69) is 0 Å². The van der Waals surface area contributed by atoms with Crippen molar-refractivity contribution in [2.75, 3.05) is 46.2 Å². The van der Waals surface area contributed by atoms with Crippen LogP contribution < -0.4 is 0 Å². The summed E-state index contributed by atoms with van der Waals surface area (Å²) in [6, 6.07) is 0. The van der Waals surface area contributed by atoms with Gasteiger partial charge in [-0.2, -0.15) is 0 Å². The Labute approximate surface area is 240 Å². The van der Waals surface area contributed by atoms with Gasteiger partial charge in [0.25, 0.3) is 0 Å². The summed E-state index contributed by atoms with van der Waals surface area (Å²) in [6.07, 6.45) is 7.54. The molecule has 0 aromatic heterocycles. The van der Waals surface area contributed by atoms with Gasteiger partial charge in [0.05, 0.1) is 45.7 Å². The van der Waals surface area contributed by atoms with Crippen molar-refractivity contribution in [1.29, 1.82) is 0 Å². The van der Waals surface area contributed by atoms with Crippen LogP contribution >= 0.6 is 0 Å². The number of hydrogen-bond acceptors (Lipinski definition) is 12. The Kier molecular flexibility index (Phi) is 23.2. The van der Waals surface area contributed by atoms with Gasteiger partial charge in [0.2, 0.25) is 6.10 Å². The third-order valence-electron chi connectivity index (χ3n) is 4.87. The number of aliphatic hydroxyl groups excluding tert-OH is 1. The molecule has 0 saturated carbocycles. The number of esters is 4. The molecule has 0 aliphatic heterocycles. The van der Waals surface area contributed by atoms with Crippen molar-refractivity contribution in [3.05, 3.63) is 36.5 Å². The number of carboxylic acid groups (broad SMARTS) is 1. The van der Waals surface area contributed by atoms with E-state index >= 15 is 0 Å². The highest BCUT2D eigenvalue weighted by Gasteiger charge is 2.20. The molecule has 0 bridgehead atoms. The summed E-state index contributed by atoms with van der Waals surface area (Å²) in [7, 11) is 0. The molecule has 0 spiro atoms. The molecule has 232 valence electrons. The van der Waals surface area contributed by atoms with E-state index in [4.69, 9.17) is 33.5 Å². The van der Waals surface area contributed by atoms with Crippen LogP contribution in [-0.2, 0) is 52.4 Å². The molecular formula is C28H42O13. The average Bonchev–Trinajstić information content (AvgIpc) is 2.94. The van der Waals surface area contributed by atoms with Crippen LogP contribution in [-0.4, -0.2) is 98.5 Å². The molecule has 0 fully saturated rings. The minimum absolute atomic E-state index is 0.123. The highest BCUT2D eigenvalue weighted by atomic mass is 16.6. The summed E-state index contributed by atoms with van der Waals surface area (Å²) in [4.78, 5) is 58.4. The summed E-state index contributed by atoms with van der Waals surface area (Å²) in [5.41, 5.74) is 0. The van der Waals surface area contributed by atoms with Crippen LogP contribution in [0.15, 0.2) is 36.5 Å². The molecule has 0 aliphatic carbocycles. The number of aliphatic hydroxyl groups is 1. The molecule has 0 aliphatic rings. The smallest absolute Gasteiger partial charge is 0.345 e. The molecule has 0 aromatic rings. The van der Waals surface area contributed by atoms with Gasteiger partial charge in [-0.1, -0.05) is 38.8 Å². The molecule has 2 atom stereocenters. The van der Waals surface area contributed by atoms with E-state index in [-0.39, 0.29) is 59.1 Å². The van der Waals surface area contributed by atoms with Crippen molar-refractivity contribution in [2.24, 2.45) is 0 Å². The first-order valence-electron chi connectivity index (χ1n) is 13.5. The zero-order valence-corrected chi connectivity index (χ0v) is 23.7. The minimum Gasteiger partial charge on any atom is -0.478 e. The van der Waals surface area contributed by atoms with Gasteiger partial charge in [0, 0.05) is 30.7 Å². The molecule has 0 aromatic carbocycles. The van der Waals surface area contributed by atoms with Crippen LogP contribution in [0.4, 0.5) is 0 Å². The van der Waals surface area contributed by atoms with Crippen molar-refractivity contribution in [3.8, 4) is 0 Å². The molecule has 0 radical (unpaired) electrons. The van der Waals surface area contributed by atoms with Gasteiger partial charge in [0.1, 0.15) is 6.61 Å². The van der Waals surface area contributed by atoms with Gasteiger partial charge >= 0.3 is 29.8 Å². The van der Waals surface area contributed by atoms with Crippen LogP contribution in [0, 0.1) is 0 Å². The first-order chi connectivity index (χ1) is 19.7. The maximum absolute atomic E-state index is 12.0. The normalized spacial score (nSPS) is 12.9. The second kappa shape index (κ2) is 25.4. The molecule has 41 heavy (non-hydrogen) atoms. The van der Waals surface area contributed by atoms with Crippen LogP contribution in [0.3, 0.4) is 0 Å². The number of hydrogen-bond donors (Lipinski definition) is 2. The molecular weight excluding hydrogens is 544 g/mol. The van der Waals surface area contributed by atoms with E-state index in [1.54, 1.807) is 6.08 Å². The first-order valence-corrected chi connectivity index (χ1v) is 13.5. The molecule has 0 saturated heterocycles. The Balaban J connectivity index is 4.86. The van der Waals surface area contributed by atoms with E-state index in [1.807, 2.05) is 13.8 Å². The molecule has 13 nitrogen and oxygen atoms in total. The summed E-state index contributed by atoms with van der Waals surface area (Å²) >= 11 is 0. The first kappa shape index (κ1) is 37.5.